The molecule has 3 rings (SSSR count). The van der Waals surface area contributed by atoms with Crippen molar-refractivity contribution in [2.75, 3.05) is 26.2 Å². The molecule has 0 atom stereocenters. The number of fused-ring (bicyclic) bond motifs is 1. The molecule has 0 spiro atoms. The van der Waals surface area contributed by atoms with Gasteiger partial charge in [0.2, 0.25) is 0 Å². The molecule has 1 aromatic heterocycles. The van der Waals surface area contributed by atoms with Crippen LogP contribution in [-0.2, 0) is 13.0 Å². The van der Waals surface area contributed by atoms with Gasteiger partial charge in [0.1, 0.15) is 24.5 Å². The van der Waals surface area contributed by atoms with Crippen LogP contribution in [0.15, 0.2) is 53.8 Å². The van der Waals surface area contributed by atoms with Crippen LogP contribution in [0.5, 0.6) is 5.75 Å². The van der Waals surface area contributed by atoms with Crippen LogP contribution in [0.4, 0.5) is 0 Å². The van der Waals surface area contributed by atoms with Crippen molar-refractivity contribution in [3.8, 4) is 5.75 Å². The average molecular weight is 380 g/mol. The monoisotopic (exact) mass is 380 g/mol. The van der Waals surface area contributed by atoms with Gasteiger partial charge in [0.05, 0.1) is 13.1 Å². The molecule has 0 saturated carbocycles. The zero-order valence-electron chi connectivity index (χ0n) is 16.6. The summed E-state index contributed by atoms with van der Waals surface area (Å²) in [6.45, 7) is 7.59. The Kier molecular flexibility index (Phi) is 7.23. The van der Waals surface area contributed by atoms with E-state index in [1.54, 1.807) is 6.33 Å². The molecular formula is C21H28N6O. The lowest BCUT2D eigenvalue weighted by molar-refractivity contribution is 0.325. The van der Waals surface area contributed by atoms with Gasteiger partial charge in [-0.3, -0.25) is 4.99 Å². The van der Waals surface area contributed by atoms with Gasteiger partial charge in [-0.2, -0.15) is 0 Å². The Morgan fingerprint density at radius 1 is 1.11 bits per heavy atom. The van der Waals surface area contributed by atoms with E-state index in [0.717, 1.165) is 42.4 Å². The summed E-state index contributed by atoms with van der Waals surface area (Å²) in [4.78, 5) is 4.62. The molecule has 0 aliphatic carbocycles. The van der Waals surface area contributed by atoms with Crippen molar-refractivity contribution in [3.63, 3.8) is 0 Å². The molecule has 2 aromatic carbocycles. The van der Waals surface area contributed by atoms with Gasteiger partial charge in [-0.1, -0.05) is 43.3 Å². The molecule has 2 N–H and O–H groups in total. The Morgan fingerprint density at radius 3 is 2.82 bits per heavy atom. The van der Waals surface area contributed by atoms with Crippen molar-refractivity contribution < 1.29 is 4.74 Å². The highest BCUT2D eigenvalue weighted by molar-refractivity contribution is 5.88. The second kappa shape index (κ2) is 10.3. The summed E-state index contributed by atoms with van der Waals surface area (Å²) in [7, 11) is 0. The van der Waals surface area contributed by atoms with Crippen molar-refractivity contribution in [3.05, 3.63) is 54.6 Å². The number of aliphatic imine (C=N–C) groups is 1. The minimum atomic E-state index is 0.559. The van der Waals surface area contributed by atoms with Crippen LogP contribution in [0, 0.1) is 0 Å². The van der Waals surface area contributed by atoms with Gasteiger partial charge in [-0.15, -0.1) is 10.2 Å². The third kappa shape index (κ3) is 5.22. The summed E-state index contributed by atoms with van der Waals surface area (Å²) in [6.07, 6.45) is 2.63. The molecule has 28 heavy (non-hydrogen) atoms. The minimum absolute atomic E-state index is 0.559. The van der Waals surface area contributed by atoms with E-state index in [1.807, 2.05) is 28.8 Å². The summed E-state index contributed by atoms with van der Waals surface area (Å²) in [6, 6.07) is 14.4. The lowest BCUT2D eigenvalue weighted by Crippen LogP contribution is -2.39. The second-order valence-corrected chi connectivity index (χ2v) is 6.31. The standard InChI is InChI=1S/C21H28N6O/c1-3-20-26-25-16-27(20)14-12-23-21(22-4-2)24-13-15-28-19-11-7-9-17-8-5-6-10-18(17)19/h5-11,16H,3-4,12-15H2,1-2H3,(H2,22,23,24). The van der Waals surface area contributed by atoms with E-state index in [2.05, 4.69) is 57.9 Å². The van der Waals surface area contributed by atoms with Gasteiger partial charge < -0.3 is 19.9 Å². The lowest BCUT2D eigenvalue weighted by Gasteiger charge is -2.13. The van der Waals surface area contributed by atoms with Crippen LogP contribution in [-0.4, -0.2) is 47.0 Å². The van der Waals surface area contributed by atoms with Crippen LogP contribution in [0.1, 0.15) is 19.7 Å². The molecule has 3 aromatic rings. The van der Waals surface area contributed by atoms with Crippen molar-refractivity contribution in [2.24, 2.45) is 4.99 Å². The fraction of sp³-hybridized carbons (Fsp3) is 0.381. The Balaban J connectivity index is 1.49. The van der Waals surface area contributed by atoms with E-state index in [4.69, 9.17) is 4.74 Å². The number of nitrogens with one attached hydrogen (secondary N) is 2. The van der Waals surface area contributed by atoms with Crippen LogP contribution in [0.3, 0.4) is 0 Å². The van der Waals surface area contributed by atoms with Gasteiger partial charge in [-0.25, -0.2) is 0 Å². The van der Waals surface area contributed by atoms with Gasteiger partial charge >= 0.3 is 0 Å². The first-order valence-corrected chi connectivity index (χ1v) is 9.81. The molecular weight excluding hydrogens is 352 g/mol. The molecule has 0 fully saturated rings. The Morgan fingerprint density at radius 2 is 1.96 bits per heavy atom. The molecule has 7 heteroatoms. The van der Waals surface area contributed by atoms with Crippen LogP contribution >= 0.6 is 0 Å². The summed E-state index contributed by atoms with van der Waals surface area (Å²) in [5.41, 5.74) is 0. The number of benzene rings is 2. The number of guanidine groups is 1. The molecule has 1 heterocycles. The Labute approximate surface area is 165 Å². The fourth-order valence-electron chi connectivity index (χ4n) is 3.00. The highest BCUT2D eigenvalue weighted by Crippen LogP contribution is 2.24. The quantitative estimate of drug-likeness (QED) is 0.339. The second-order valence-electron chi connectivity index (χ2n) is 6.31. The van der Waals surface area contributed by atoms with E-state index in [1.165, 1.54) is 5.39 Å². The predicted octanol–water partition coefficient (Wildman–Crippen LogP) is 2.63. The highest BCUT2D eigenvalue weighted by atomic mass is 16.5. The molecule has 0 bridgehead atoms. The largest absolute Gasteiger partial charge is 0.491 e. The molecule has 0 radical (unpaired) electrons. The molecule has 0 aliphatic heterocycles. The van der Waals surface area contributed by atoms with Crippen molar-refractivity contribution in [1.82, 2.24) is 25.4 Å². The number of aryl methyl sites for hydroxylation is 1. The Hall–Kier alpha value is -3.09. The summed E-state index contributed by atoms with van der Waals surface area (Å²) >= 11 is 0. The van der Waals surface area contributed by atoms with Crippen molar-refractivity contribution in [2.45, 2.75) is 26.8 Å². The van der Waals surface area contributed by atoms with Crippen LogP contribution < -0.4 is 15.4 Å². The van der Waals surface area contributed by atoms with E-state index in [9.17, 15) is 0 Å². The highest BCUT2D eigenvalue weighted by Gasteiger charge is 2.03. The zero-order chi connectivity index (χ0) is 19.6. The molecule has 7 nitrogen and oxygen atoms in total. The molecule has 0 amide bonds. The van der Waals surface area contributed by atoms with Gasteiger partial charge in [-0.05, 0) is 18.4 Å². The fourth-order valence-corrected chi connectivity index (χ4v) is 3.00. The molecule has 0 unspecified atom stereocenters. The number of nitrogens with zero attached hydrogens (tertiary/aromatic N) is 4. The third-order valence-corrected chi connectivity index (χ3v) is 4.37. The van der Waals surface area contributed by atoms with Gasteiger partial charge in [0.25, 0.3) is 0 Å². The first kappa shape index (κ1) is 19.7. The van der Waals surface area contributed by atoms with Gasteiger partial charge in [0.15, 0.2) is 5.96 Å². The number of ether oxygens (including phenoxy) is 1. The Bertz CT molecular complexity index is 899. The summed E-state index contributed by atoms with van der Waals surface area (Å²) in [5, 5.41) is 16.9. The first-order chi connectivity index (χ1) is 13.8. The first-order valence-electron chi connectivity index (χ1n) is 9.81. The van der Waals surface area contributed by atoms with Crippen LogP contribution in [0.2, 0.25) is 0 Å². The van der Waals surface area contributed by atoms with E-state index in [0.29, 0.717) is 19.7 Å². The summed E-state index contributed by atoms with van der Waals surface area (Å²) < 4.78 is 8.01. The van der Waals surface area contributed by atoms with E-state index >= 15 is 0 Å². The van der Waals surface area contributed by atoms with Gasteiger partial charge in [0, 0.05) is 24.9 Å². The SMILES string of the molecule is CCNC(=NCCn1cnnc1CC)NCCOc1cccc2ccccc12. The minimum Gasteiger partial charge on any atom is -0.491 e. The molecule has 0 saturated heterocycles. The maximum Gasteiger partial charge on any atom is 0.191 e. The third-order valence-electron chi connectivity index (χ3n) is 4.37. The molecule has 148 valence electrons. The van der Waals surface area contributed by atoms with Crippen LogP contribution in [0.25, 0.3) is 10.8 Å². The smallest absolute Gasteiger partial charge is 0.191 e. The van der Waals surface area contributed by atoms with E-state index in [-0.39, 0.29) is 0 Å². The number of hydrogen-bond acceptors (Lipinski definition) is 4. The lowest BCUT2D eigenvalue weighted by atomic mass is 10.1. The van der Waals surface area contributed by atoms with E-state index < -0.39 is 0 Å². The number of aromatic nitrogens is 3. The average Bonchev–Trinajstić information content (AvgIpc) is 3.18. The summed E-state index contributed by atoms with van der Waals surface area (Å²) in [5.74, 6) is 2.67. The maximum absolute atomic E-state index is 5.98. The molecule has 0 aliphatic rings. The van der Waals surface area contributed by atoms with Crippen molar-refractivity contribution in [1.29, 1.82) is 0 Å². The normalized spacial score (nSPS) is 11.6. The predicted molar refractivity (Wildman–Crippen MR) is 113 cm³/mol. The topological polar surface area (TPSA) is 76.4 Å². The van der Waals surface area contributed by atoms with Crippen molar-refractivity contribution >= 4 is 16.7 Å². The number of rotatable bonds is 9. The maximum atomic E-state index is 5.98. The number of hydrogen-bond donors (Lipinski definition) is 2. The zero-order valence-corrected chi connectivity index (χ0v) is 16.6.